The molecule has 1 unspecified atom stereocenters. The van der Waals surface area contributed by atoms with Crippen LogP contribution in [0.4, 0.5) is 0 Å². The Morgan fingerprint density at radius 3 is 2.45 bits per heavy atom. The third-order valence-corrected chi connectivity index (χ3v) is 6.79. The Balaban J connectivity index is 1.80. The van der Waals surface area contributed by atoms with Crippen molar-refractivity contribution in [3.8, 4) is 11.5 Å². The largest absolute Gasteiger partial charge is 0.496 e. The van der Waals surface area contributed by atoms with Gasteiger partial charge in [0.15, 0.2) is 0 Å². The Kier molecular flexibility index (Phi) is 8.13. The van der Waals surface area contributed by atoms with Crippen LogP contribution in [0.2, 0.25) is 0 Å². The molecule has 1 heterocycles. The Morgan fingerprint density at radius 1 is 1.09 bits per heavy atom. The molecular formula is C24H28N2O6S. The molecule has 1 amide bonds. The molecule has 1 N–H and O–H groups in total. The molecule has 0 fully saturated rings. The van der Waals surface area contributed by atoms with E-state index in [1.54, 1.807) is 37.4 Å². The zero-order valence-corrected chi connectivity index (χ0v) is 19.7. The molecule has 0 aliphatic rings. The summed E-state index contributed by atoms with van der Waals surface area (Å²) in [6.45, 7) is 3.67. The normalized spacial score (nSPS) is 12.4. The van der Waals surface area contributed by atoms with Crippen LogP contribution < -0.4 is 14.8 Å². The van der Waals surface area contributed by atoms with E-state index in [2.05, 4.69) is 5.32 Å². The minimum Gasteiger partial charge on any atom is -0.496 e. The molecule has 1 atom stereocenters. The molecule has 3 rings (SSSR count). The van der Waals surface area contributed by atoms with Gasteiger partial charge in [0.05, 0.1) is 44.0 Å². The van der Waals surface area contributed by atoms with Crippen LogP contribution in [0.3, 0.4) is 0 Å². The van der Waals surface area contributed by atoms with E-state index < -0.39 is 15.9 Å². The van der Waals surface area contributed by atoms with Crippen LogP contribution in [0.1, 0.15) is 31.2 Å². The van der Waals surface area contributed by atoms with Gasteiger partial charge >= 0.3 is 0 Å². The summed E-state index contributed by atoms with van der Waals surface area (Å²) in [4.78, 5) is 12.9. The van der Waals surface area contributed by atoms with Gasteiger partial charge in [-0.15, -0.1) is 0 Å². The number of para-hydroxylation sites is 1. The number of carbonyl (C=O) groups excluding carboxylic acids is 1. The van der Waals surface area contributed by atoms with Crippen molar-refractivity contribution in [1.82, 2.24) is 9.62 Å². The number of rotatable bonds is 11. The minimum atomic E-state index is -3.98. The highest BCUT2D eigenvalue weighted by Gasteiger charge is 2.28. The second kappa shape index (κ2) is 11.0. The molecule has 0 bridgehead atoms. The highest BCUT2D eigenvalue weighted by atomic mass is 32.2. The number of furan rings is 1. The van der Waals surface area contributed by atoms with Crippen molar-refractivity contribution >= 4 is 15.9 Å². The fourth-order valence-electron chi connectivity index (χ4n) is 3.37. The van der Waals surface area contributed by atoms with Crippen molar-refractivity contribution in [3.63, 3.8) is 0 Å². The summed E-state index contributed by atoms with van der Waals surface area (Å²) >= 11 is 0. The van der Waals surface area contributed by atoms with E-state index in [-0.39, 0.29) is 24.0 Å². The fourth-order valence-corrected chi connectivity index (χ4v) is 4.74. The van der Waals surface area contributed by atoms with Crippen LogP contribution in [0.5, 0.6) is 11.5 Å². The third-order valence-electron chi connectivity index (χ3n) is 4.99. The van der Waals surface area contributed by atoms with Crippen LogP contribution in [-0.4, -0.2) is 38.9 Å². The van der Waals surface area contributed by atoms with E-state index >= 15 is 0 Å². The molecule has 0 aliphatic carbocycles. The summed E-state index contributed by atoms with van der Waals surface area (Å²) < 4.78 is 43.9. The lowest BCUT2D eigenvalue weighted by Gasteiger charge is -2.23. The molecule has 176 valence electrons. The number of sulfonamides is 1. The number of methoxy groups -OCH3 is 1. The first kappa shape index (κ1) is 24.3. The quantitative estimate of drug-likeness (QED) is 0.456. The Morgan fingerprint density at radius 2 is 1.82 bits per heavy atom. The van der Waals surface area contributed by atoms with Crippen molar-refractivity contribution in [1.29, 1.82) is 0 Å². The molecule has 1 aromatic heterocycles. The molecule has 0 spiro atoms. The van der Waals surface area contributed by atoms with Crippen LogP contribution >= 0.6 is 0 Å². The van der Waals surface area contributed by atoms with E-state index in [1.165, 1.54) is 18.4 Å². The average molecular weight is 473 g/mol. The van der Waals surface area contributed by atoms with Crippen molar-refractivity contribution in [2.75, 3.05) is 20.3 Å². The second-order valence-electron chi connectivity index (χ2n) is 7.29. The van der Waals surface area contributed by atoms with Crippen molar-refractivity contribution < 1.29 is 27.1 Å². The van der Waals surface area contributed by atoms with Crippen molar-refractivity contribution in [3.05, 3.63) is 78.3 Å². The maximum absolute atomic E-state index is 13.4. The molecule has 0 radical (unpaired) electrons. The average Bonchev–Trinajstić information content (AvgIpc) is 3.32. The summed E-state index contributed by atoms with van der Waals surface area (Å²) in [5.41, 5.74) is 0.792. The number of carbonyl (C=O) groups is 1. The van der Waals surface area contributed by atoms with Crippen LogP contribution in [-0.2, 0) is 21.4 Å². The lowest BCUT2D eigenvalue weighted by Crippen LogP contribution is -2.41. The Hall–Kier alpha value is -3.30. The molecule has 8 nitrogen and oxygen atoms in total. The minimum absolute atomic E-state index is 0.0584. The van der Waals surface area contributed by atoms with Gasteiger partial charge in [0.1, 0.15) is 17.3 Å². The zero-order valence-electron chi connectivity index (χ0n) is 18.9. The van der Waals surface area contributed by atoms with E-state index in [0.29, 0.717) is 23.9 Å². The summed E-state index contributed by atoms with van der Waals surface area (Å²) in [5.74, 6) is 1.18. The van der Waals surface area contributed by atoms with Gasteiger partial charge in [0.2, 0.25) is 15.9 Å². The molecule has 3 aromatic rings. The van der Waals surface area contributed by atoms with Gasteiger partial charge < -0.3 is 19.2 Å². The highest BCUT2D eigenvalue weighted by Crippen LogP contribution is 2.25. The molecular weight excluding hydrogens is 444 g/mol. The zero-order chi connectivity index (χ0) is 23.8. The maximum Gasteiger partial charge on any atom is 0.243 e. The summed E-state index contributed by atoms with van der Waals surface area (Å²) in [7, 11) is -2.43. The van der Waals surface area contributed by atoms with Gasteiger partial charge in [0, 0.05) is 5.56 Å². The summed E-state index contributed by atoms with van der Waals surface area (Å²) in [6.07, 6.45) is 1.46. The summed E-state index contributed by atoms with van der Waals surface area (Å²) in [6, 6.07) is 16.4. The second-order valence-corrected chi connectivity index (χ2v) is 9.23. The monoisotopic (exact) mass is 472 g/mol. The lowest BCUT2D eigenvalue weighted by atomic mass is 10.1. The molecule has 9 heteroatoms. The maximum atomic E-state index is 13.4. The summed E-state index contributed by atoms with van der Waals surface area (Å²) in [5, 5.41) is 2.85. The van der Waals surface area contributed by atoms with Gasteiger partial charge in [-0.1, -0.05) is 18.2 Å². The van der Waals surface area contributed by atoms with Gasteiger partial charge in [-0.25, -0.2) is 8.42 Å². The lowest BCUT2D eigenvalue weighted by molar-refractivity contribution is -0.122. The van der Waals surface area contributed by atoms with E-state index in [1.807, 2.05) is 32.0 Å². The van der Waals surface area contributed by atoms with Crippen molar-refractivity contribution in [2.24, 2.45) is 0 Å². The number of hydrogen-bond donors (Lipinski definition) is 1. The molecule has 0 saturated carbocycles. The van der Waals surface area contributed by atoms with E-state index in [4.69, 9.17) is 13.9 Å². The van der Waals surface area contributed by atoms with Gasteiger partial charge in [-0.3, -0.25) is 4.79 Å². The fraction of sp³-hybridized carbons (Fsp3) is 0.292. The van der Waals surface area contributed by atoms with E-state index in [9.17, 15) is 13.2 Å². The number of benzene rings is 2. The smallest absolute Gasteiger partial charge is 0.243 e. The first-order valence-electron chi connectivity index (χ1n) is 10.5. The third kappa shape index (κ3) is 6.15. The van der Waals surface area contributed by atoms with Crippen LogP contribution in [0.25, 0.3) is 0 Å². The van der Waals surface area contributed by atoms with Gasteiger partial charge in [0.25, 0.3) is 0 Å². The Bertz CT molecular complexity index is 1140. The van der Waals surface area contributed by atoms with Gasteiger partial charge in [-0.05, 0) is 56.3 Å². The van der Waals surface area contributed by atoms with Crippen molar-refractivity contribution in [2.45, 2.75) is 31.3 Å². The number of nitrogens with one attached hydrogen (secondary N) is 1. The molecule has 33 heavy (non-hydrogen) atoms. The predicted octanol–water partition coefficient (Wildman–Crippen LogP) is 3.76. The Labute approximate surface area is 194 Å². The van der Waals surface area contributed by atoms with Crippen LogP contribution in [0, 0.1) is 0 Å². The van der Waals surface area contributed by atoms with E-state index in [0.717, 1.165) is 9.87 Å². The number of amides is 1. The van der Waals surface area contributed by atoms with Gasteiger partial charge in [-0.2, -0.15) is 4.31 Å². The number of ether oxygens (including phenoxy) is 2. The SMILES string of the molecule is CCOc1ccc(S(=O)(=O)N(CC(=O)NC(C)c2ccccc2OC)Cc2ccco2)cc1. The predicted molar refractivity (Wildman–Crippen MR) is 123 cm³/mol. The topological polar surface area (TPSA) is 98.1 Å². The first-order valence-corrected chi connectivity index (χ1v) is 12.0. The standard InChI is InChI=1S/C24H28N2O6S/c1-4-31-19-11-13-21(14-12-19)33(28,29)26(16-20-8-7-15-32-20)17-24(27)25-18(2)22-9-5-6-10-23(22)30-3/h5-15,18H,4,16-17H2,1-3H3,(H,25,27). The number of nitrogens with zero attached hydrogens (tertiary/aromatic N) is 1. The van der Waals surface area contributed by atoms with Crippen LogP contribution in [0.15, 0.2) is 76.2 Å². The highest BCUT2D eigenvalue weighted by molar-refractivity contribution is 7.89. The first-order chi connectivity index (χ1) is 15.8. The number of hydrogen-bond acceptors (Lipinski definition) is 6. The molecule has 2 aromatic carbocycles. The molecule has 0 aliphatic heterocycles. The molecule has 0 saturated heterocycles.